The van der Waals surface area contributed by atoms with Gasteiger partial charge in [0.15, 0.2) is 0 Å². The van der Waals surface area contributed by atoms with E-state index in [9.17, 15) is 13.2 Å². The van der Waals surface area contributed by atoms with Crippen molar-refractivity contribution in [3.63, 3.8) is 0 Å². The van der Waals surface area contributed by atoms with Crippen LogP contribution in [0.1, 0.15) is 0 Å². The van der Waals surface area contributed by atoms with Crippen LogP contribution in [0.3, 0.4) is 0 Å². The molecule has 0 spiro atoms. The zero-order chi connectivity index (χ0) is 8.91. The fourth-order valence-corrected chi connectivity index (χ4v) is 0.879. The minimum atomic E-state index is -3.20. The van der Waals surface area contributed by atoms with Crippen molar-refractivity contribution in [2.45, 2.75) is 0 Å². The van der Waals surface area contributed by atoms with Gasteiger partial charge < -0.3 is 10.4 Å². The van der Waals surface area contributed by atoms with E-state index in [1.165, 1.54) is 0 Å². The molecule has 0 aromatic rings. The SMILES string of the molecule is CS(=O)(=O)NCCNC(=O)O. The lowest BCUT2D eigenvalue weighted by Gasteiger charge is -2.00. The Labute approximate surface area is 64.7 Å². The lowest BCUT2D eigenvalue weighted by Crippen LogP contribution is -2.33. The van der Waals surface area contributed by atoms with Crippen molar-refractivity contribution >= 4 is 16.1 Å². The van der Waals surface area contributed by atoms with Crippen molar-refractivity contribution in [1.82, 2.24) is 10.0 Å². The van der Waals surface area contributed by atoms with E-state index in [0.717, 1.165) is 6.26 Å². The van der Waals surface area contributed by atoms with E-state index in [4.69, 9.17) is 5.11 Å². The molecule has 0 rings (SSSR count). The molecule has 11 heavy (non-hydrogen) atoms. The summed E-state index contributed by atoms with van der Waals surface area (Å²) in [6, 6.07) is 0. The van der Waals surface area contributed by atoms with Crippen LogP contribution in [0, 0.1) is 0 Å². The average molecular weight is 182 g/mol. The van der Waals surface area contributed by atoms with E-state index in [-0.39, 0.29) is 13.1 Å². The van der Waals surface area contributed by atoms with Gasteiger partial charge >= 0.3 is 6.09 Å². The van der Waals surface area contributed by atoms with E-state index in [1.54, 1.807) is 0 Å². The third kappa shape index (κ3) is 9.18. The highest BCUT2D eigenvalue weighted by molar-refractivity contribution is 7.88. The standard InChI is InChI=1S/C4H10N2O4S/c1-11(9,10)6-3-2-5-4(7)8/h5-6H,2-3H2,1H3,(H,7,8). The molecule has 0 fully saturated rings. The molecule has 0 aliphatic carbocycles. The largest absolute Gasteiger partial charge is 0.465 e. The quantitative estimate of drug-likeness (QED) is 0.476. The van der Waals surface area contributed by atoms with Gasteiger partial charge in [0.05, 0.1) is 6.26 Å². The normalized spacial score (nSPS) is 11.0. The predicted molar refractivity (Wildman–Crippen MR) is 38.9 cm³/mol. The Hall–Kier alpha value is -0.820. The van der Waals surface area contributed by atoms with Gasteiger partial charge in [0, 0.05) is 13.1 Å². The maximum absolute atomic E-state index is 10.4. The summed E-state index contributed by atoms with van der Waals surface area (Å²) in [5, 5.41) is 10.1. The molecule has 1 amide bonds. The fraction of sp³-hybridized carbons (Fsp3) is 0.750. The average Bonchev–Trinajstić information content (AvgIpc) is 1.78. The van der Waals surface area contributed by atoms with Crippen LogP contribution in [-0.2, 0) is 10.0 Å². The minimum Gasteiger partial charge on any atom is -0.465 e. The van der Waals surface area contributed by atoms with Gasteiger partial charge in [-0.15, -0.1) is 0 Å². The first-order valence-electron chi connectivity index (χ1n) is 2.83. The van der Waals surface area contributed by atoms with Gasteiger partial charge in [-0.25, -0.2) is 17.9 Å². The molecule has 0 heterocycles. The Morgan fingerprint density at radius 2 is 2.00 bits per heavy atom. The zero-order valence-corrected chi connectivity index (χ0v) is 6.81. The second-order valence-corrected chi connectivity index (χ2v) is 3.73. The van der Waals surface area contributed by atoms with E-state index < -0.39 is 16.1 Å². The van der Waals surface area contributed by atoms with E-state index in [1.807, 2.05) is 5.32 Å². The monoisotopic (exact) mass is 182 g/mol. The second-order valence-electron chi connectivity index (χ2n) is 1.90. The number of rotatable bonds is 4. The number of nitrogens with one attached hydrogen (secondary N) is 2. The molecule has 0 aliphatic rings. The first kappa shape index (κ1) is 10.2. The highest BCUT2D eigenvalue weighted by atomic mass is 32.2. The third-order valence-electron chi connectivity index (χ3n) is 0.765. The van der Waals surface area contributed by atoms with Crippen molar-refractivity contribution in [3.8, 4) is 0 Å². The smallest absolute Gasteiger partial charge is 0.404 e. The third-order valence-corrected chi connectivity index (χ3v) is 1.49. The minimum absolute atomic E-state index is 0.0718. The maximum Gasteiger partial charge on any atom is 0.404 e. The molecule has 0 saturated carbocycles. The van der Waals surface area contributed by atoms with Crippen LogP contribution in [0.2, 0.25) is 0 Å². The summed E-state index contributed by atoms with van der Waals surface area (Å²) in [5.74, 6) is 0. The number of sulfonamides is 1. The zero-order valence-electron chi connectivity index (χ0n) is 5.99. The number of hydrogen-bond acceptors (Lipinski definition) is 3. The lowest BCUT2D eigenvalue weighted by atomic mass is 10.7. The van der Waals surface area contributed by atoms with Gasteiger partial charge in [0.25, 0.3) is 0 Å². The van der Waals surface area contributed by atoms with Crippen molar-refractivity contribution in [1.29, 1.82) is 0 Å². The molecule has 0 aromatic heterocycles. The lowest BCUT2D eigenvalue weighted by molar-refractivity contribution is 0.194. The van der Waals surface area contributed by atoms with Gasteiger partial charge in [-0.1, -0.05) is 0 Å². The molecule has 0 atom stereocenters. The number of carboxylic acid groups (broad SMARTS) is 1. The number of carbonyl (C=O) groups is 1. The molecule has 0 aromatic carbocycles. The van der Waals surface area contributed by atoms with E-state index >= 15 is 0 Å². The predicted octanol–water partition coefficient (Wildman–Crippen LogP) is -1.20. The molecule has 66 valence electrons. The molecular weight excluding hydrogens is 172 g/mol. The fourth-order valence-electron chi connectivity index (χ4n) is 0.406. The first-order valence-corrected chi connectivity index (χ1v) is 4.72. The second kappa shape index (κ2) is 4.14. The summed E-state index contributed by atoms with van der Waals surface area (Å²) in [7, 11) is -3.20. The maximum atomic E-state index is 10.4. The molecule has 7 heteroatoms. The van der Waals surface area contributed by atoms with Crippen molar-refractivity contribution < 1.29 is 18.3 Å². The van der Waals surface area contributed by atoms with Crippen LogP contribution in [0.4, 0.5) is 4.79 Å². The van der Waals surface area contributed by atoms with E-state index in [0.29, 0.717) is 0 Å². The summed E-state index contributed by atoms with van der Waals surface area (Å²) < 4.78 is 22.9. The van der Waals surface area contributed by atoms with Crippen LogP contribution in [0.25, 0.3) is 0 Å². The summed E-state index contributed by atoms with van der Waals surface area (Å²) in [4.78, 5) is 9.84. The van der Waals surface area contributed by atoms with Crippen molar-refractivity contribution in [2.75, 3.05) is 19.3 Å². The van der Waals surface area contributed by atoms with Gasteiger partial charge in [-0.05, 0) is 0 Å². The van der Waals surface area contributed by atoms with Crippen LogP contribution >= 0.6 is 0 Å². The van der Waals surface area contributed by atoms with E-state index in [2.05, 4.69) is 4.72 Å². The molecule has 6 nitrogen and oxygen atoms in total. The Kier molecular flexibility index (Phi) is 3.83. The molecule has 0 saturated heterocycles. The summed E-state index contributed by atoms with van der Waals surface area (Å²) in [5.41, 5.74) is 0. The molecule has 0 bridgehead atoms. The topological polar surface area (TPSA) is 95.5 Å². The summed E-state index contributed by atoms with van der Waals surface area (Å²) >= 11 is 0. The van der Waals surface area contributed by atoms with Crippen molar-refractivity contribution in [2.24, 2.45) is 0 Å². The van der Waals surface area contributed by atoms with Crippen molar-refractivity contribution in [3.05, 3.63) is 0 Å². The number of amides is 1. The summed E-state index contributed by atoms with van der Waals surface area (Å²) in [6.07, 6.45) is -0.159. The van der Waals surface area contributed by atoms with Crippen LogP contribution in [0.15, 0.2) is 0 Å². The molecule has 0 radical (unpaired) electrons. The Balaban J connectivity index is 3.37. The Morgan fingerprint density at radius 3 is 2.36 bits per heavy atom. The Morgan fingerprint density at radius 1 is 1.45 bits per heavy atom. The van der Waals surface area contributed by atoms with Gasteiger partial charge in [-0.2, -0.15) is 0 Å². The molecular formula is C4H10N2O4S. The molecule has 0 unspecified atom stereocenters. The Bertz CT molecular complexity index is 222. The highest BCUT2D eigenvalue weighted by Crippen LogP contribution is 1.70. The number of hydrogen-bond donors (Lipinski definition) is 3. The van der Waals surface area contributed by atoms with Gasteiger partial charge in [0.2, 0.25) is 10.0 Å². The first-order chi connectivity index (χ1) is 4.92. The molecule has 3 N–H and O–H groups in total. The van der Waals surface area contributed by atoms with Crippen LogP contribution in [0.5, 0.6) is 0 Å². The van der Waals surface area contributed by atoms with Gasteiger partial charge in [-0.3, -0.25) is 0 Å². The molecule has 0 aliphatic heterocycles. The van der Waals surface area contributed by atoms with Crippen LogP contribution in [-0.4, -0.2) is 39.0 Å². The highest BCUT2D eigenvalue weighted by Gasteiger charge is 1.99. The van der Waals surface area contributed by atoms with Gasteiger partial charge in [0.1, 0.15) is 0 Å². The summed E-state index contributed by atoms with van der Waals surface area (Å²) in [6.45, 7) is 0.146. The van der Waals surface area contributed by atoms with Crippen LogP contribution < -0.4 is 10.0 Å².